The summed E-state index contributed by atoms with van der Waals surface area (Å²) in [5.41, 5.74) is 5.58. The zero-order valence-electron chi connectivity index (χ0n) is 18.5. The van der Waals surface area contributed by atoms with Crippen molar-refractivity contribution in [1.82, 2.24) is 19.7 Å². The molecule has 1 fully saturated rings. The minimum atomic E-state index is -0.0559. The molecule has 0 aliphatic carbocycles. The zero-order valence-corrected chi connectivity index (χ0v) is 19.2. The van der Waals surface area contributed by atoms with Crippen LogP contribution in [0.4, 0.5) is 0 Å². The lowest BCUT2D eigenvalue weighted by Gasteiger charge is -2.33. The number of piperidine rings is 1. The fraction of sp³-hybridized carbons (Fsp3) is 0.222. The number of benzene rings is 2. The number of carbonyl (C=O) groups excluding carboxylic acids is 1. The Morgan fingerprint density at radius 1 is 0.909 bits per heavy atom. The van der Waals surface area contributed by atoms with Gasteiger partial charge in [0, 0.05) is 24.3 Å². The van der Waals surface area contributed by atoms with Gasteiger partial charge < -0.3 is 4.90 Å². The molecule has 2 aromatic carbocycles. The van der Waals surface area contributed by atoms with Gasteiger partial charge in [0.15, 0.2) is 0 Å². The van der Waals surface area contributed by atoms with Crippen molar-refractivity contribution in [3.8, 4) is 22.5 Å². The van der Waals surface area contributed by atoms with Crippen LogP contribution < -0.4 is 0 Å². The summed E-state index contributed by atoms with van der Waals surface area (Å²) in [6.45, 7) is 3.18. The molecule has 1 aliphatic rings. The Morgan fingerprint density at radius 3 is 2.18 bits per heavy atom. The van der Waals surface area contributed by atoms with E-state index in [0.29, 0.717) is 18.7 Å². The van der Waals surface area contributed by atoms with E-state index in [2.05, 4.69) is 52.1 Å². The van der Waals surface area contributed by atoms with E-state index in [1.807, 2.05) is 42.2 Å². The molecule has 0 spiro atoms. The lowest BCUT2D eigenvalue weighted by molar-refractivity contribution is 0.0690. The second-order valence-corrected chi connectivity index (χ2v) is 8.76. The highest BCUT2D eigenvalue weighted by atomic mass is 35.5. The average Bonchev–Trinajstić information content (AvgIpc) is 3.31. The van der Waals surface area contributed by atoms with Gasteiger partial charge in [0.2, 0.25) is 0 Å². The maximum atomic E-state index is 13.0. The van der Waals surface area contributed by atoms with Gasteiger partial charge in [-0.3, -0.25) is 9.48 Å². The molecular formula is C27H25ClN4O. The predicted octanol–water partition coefficient (Wildman–Crippen LogP) is 6.05. The summed E-state index contributed by atoms with van der Waals surface area (Å²) in [6, 6.07) is 26.6. The van der Waals surface area contributed by atoms with Gasteiger partial charge in [0.25, 0.3) is 5.91 Å². The van der Waals surface area contributed by atoms with Crippen molar-refractivity contribution in [3.05, 3.63) is 95.3 Å². The number of hydrogen-bond donors (Lipinski definition) is 0. The van der Waals surface area contributed by atoms with Crippen molar-refractivity contribution in [2.24, 2.45) is 0 Å². The molecule has 0 radical (unpaired) electrons. The largest absolute Gasteiger partial charge is 0.338 e. The van der Waals surface area contributed by atoms with Crippen molar-refractivity contribution < 1.29 is 4.79 Å². The summed E-state index contributed by atoms with van der Waals surface area (Å²) in [4.78, 5) is 19.1. The van der Waals surface area contributed by atoms with E-state index in [1.165, 1.54) is 0 Å². The van der Waals surface area contributed by atoms with Crippen molar-refractivity contribution in [2.75, 3.05) is 13.1 Å². The lowest BCUT2D eigenvalue weighted by Crippen LogP contribution is -2.39. The van der Waals surface area contributed by atoms with Gasteiger partial charge in [-0.25, -0.2) is 4.98 Å². The Labute approximate surface area is 198 Å². The maximum absolute atomic E-state index is 13.0. The zero-order chi connectivity index (χ0) is 22.8. The van der Waals surface area contributed by atoms with Crippen LogP contribution in [0, 0.1) is 6.92 Å². The average molecular weight is 457 g/mol. The monoisotopic (exact) mass is 456 g/mol. The summed E-state index contributed by atoms with van der Waals surface area (Å²) < 4.78 is 2.15. The first-order valence-electron chi connectivity index (χ1n) is 11.2. The minimum absolute atomic E-state index is 0.0559. The van der Waals surface area contributed by atoms with Gasteiger partial charge >= 0.3 is 0 Å². The number of rotatable bonds is 4. The molecule has 5 nitrogen and oxygen atoms in total. The van der Waals surface area contributed by atoms with Crippen LogP contribution in [0.1, 0.15) is 34.9 Å². The van der Waals surface area contributed by atoms with Crippen LogP contribution in [0.25, 0.3) is 22.5 Å². The number of aromatic nitrogens is 3. The molecule has 33 heavy (non-hydrogen) atoms. The van der Waals surface area contributed by atoms with Gasteiger partial charge in [-0.1, -0.05) is 72.3 Å². The molecule has 4 aromatic rings. The quantitative estimate of drug-likeness (QED) is 0.351. The summed E-state index contributed by atoms with van der Waals surface area (Å²) in [6.07, 6.45) is 1.66. The van der Waals surface area contributed by atoms with E-state index in [-0.39, 0.29) is 17.1 Å². The number of likely N-dealkylation sites (tertiary alicyclic amines) is 1. The number of halogens is 1. The molecule has 3 heterocycles. The van der Waals surface area contributed by atoms with Crippen LogP contribution in [0.15, 0.2) is 78.9 Å². The Hall–Kier alpha value is -3.44. The highest BCUT2D eigenvalue weighted by molar-refractivity contribution is 6.32. The molecule has 0 saturated carbocycles. The topological polar surface area (TPSA) is 51.0 Å². The normalized spacial score (nSPS) is 14.4. The van der Waals surface area contributed by atoms with Crippen molar-refractivity contribution in [1.29, 1.82) is 0 Å². The van der Waals surface area contributed by atoms with E-state index in [4.69, 9.17) is 16.7 Å². The third-order valence-electron chi connectivity index (χ3n) is 6.19. The lowest BCUT2D eigenvalue weighted by atomic mass is 10.0. The molecule has 6 heteroatoms. The maximum Gasteiger partial charge on any atom is 0.256 e. The standard InChI is InChI=1S/C27H25ClN4O/c1-19-12-13-23(26(28)29-19)27(33)31-16-14-22(15-17-31)32-25(21-10-6-3-7-11-21)18-24(30-32)20-8-4-2-5-9-20/h2-13,18,22H,14-17H2,1H3. The molecule has 166 valence electrons. The van der Waals surface area contributed by atoms with Crippen LogP contribution in [0.5, 0.6) is 0 Å². The minimum Gasteiger partial charge on any atom is -0.338 e. The Kier molecular flexibility index (Phi) is 5.97. The second kappa shape index (κ2) is 9.20. The van der Waals surface area contributed by atoms with Crippen LogP contribution in [-0.2, 0) is 0 Å². The Morgan fingerprint density at radius 2 is 1.55 bits per heavy atom. The highest BCUT2D eigenvalue weighted by Gasteiger charge is 2.28. The van der Waals surface area contributed by atoms with Crippen molar-refractivity contribution in [2.45, 2.75) is 25.8 Å². The predicted molar refractivity (Wildman–Crippen MR) is 131 cm³/mol. The summed E-state index contributed by atoms with van der Waals surface area (Å²) >= 11 is 6.25. The number of hydrogen-bond acceptors (Lipinski definition) is 3. The van der Waals surface area contributed by atoms with E-state index in [9.17, 15) is 4.79 Å². The van der Waals surface area contributed by atoms with E-state index >= 15 is 0 Å². The number of pyridine rings is 1. The van der Waals surface area contributed by atoms with Crippen LogP contribution in [0.2, 0.25) is 5.15 Å². The van der Waals surface area contributed by atoms with Gasteiger partial charge in [0.1, 0.15) is 5.15 Å². The molecule has 1 amide bonds. The second-order valence-electron chi connectivity index (χ2n) is 8.41. The molecule has 1 saturated heterocycles. The first-order valence-corrected chi connectivity index (χ1v) is 11.6. The molecule has 1 aliphatic heterocycles. The Bertz CT molecular complexity index is 1260. The first-order chi connectivity index (χ1) is 16.1. The SMILES string of the molecule is Cc1ccc(C(=O)N2CCC(n3nc(-c4ccccc4)cc3-c3ccccc3)CC2)c(Cl)n1. The van der Waals surface area contributed by atoms with Crippen LogP contribution in [-0.4, -0.2) is 38.7 Å². The molecule has 2 aromatic heterocycles. The molecule has 5 rings (SSSR count). The number of carbonyl (C=O) groups is 1. The smallest absolute Gasteiger partial charge is 0.256 e. The molecule has 0 atom stereocenters. The van der Waals surface area contributed by atoms with Gasteiger partial charge in [0.05, 0.1) is 23.0 Å². The summed E-state index contributed by atoms with van der Waals surface area (Å²) in [5.74, 6) is -0.0559. The Balaban J connectivity index is 1.40. The fourth-order valence-electron chi connectivity index (χ4n) is 4.42. The highest BCUT2D eigenvalue weighted by Crippen LogP contribution is 2.33. The van der Waals surface area contributed by atoms with E-state index < -0.39 is 0 Å². The molecule has 0 unspecified atom stereocenters. The van der Waals surface area contributed by atoms with Gasteiger partial charge in [-0.2, -0.15) is 5.10 Å². The summed E-state index contributed by atoms with van der Waals surface area (Å²) in [7, 11) is 0. The molecule has 0 N–H and O–H groups in total. The summed E-state index contributed by atoms with van der Waals surface area (Å²) in [5, 5.41) is 5.29. The number of aryl methyl sites for hydroxylation is 1. The van der Waals surface area contributed by atoms with Crippen molar-refractivity contribution in [3.63, 3.8) is 0 Å². The molecular weight excluding hydrogens is 432 g/mol. The van der Waals surface area contributed by atoms with Crippen LogP contribution >= 0.6 is 11.6 Å². The van der Waals surface area contributed by atoms with Crippen LogP contribution in [0.3, 0.4) is 0 Å². The number of nitrogens with zero attached hydrogens (tertiary/aromatic N) is 4. The fourth-order valence-corrected chi connectivity index (χ4v) is 4.69. The first kappa shape index (κ1) is 21.4. The van der Waals surface area contributed by atoms with Gasteiger partial charge in [-0.15, -0.1) is 0 Å². The third-order valence-corrected chi connectivity index (χ3v) is 6.48. The number of amides is 1. The van der Waals surface area contributed by atoms with Gasteiger partial charge in [-0.05, 0) is 43.5 Å². The van der Waals surface area contributed by atoms with Crippen molar-refractivity contribution >= 4 is 17.5 Å². The third kappa shape index (κ3) is 4.41. The molecule has 0 bridgehead atoms. The van der Waals surface area contributed by atoms with E-state index in [1.54, 1.807) is 6.07 Å². The van der Waals surface area contributed by atoms with E-state index in [0.717, 1.165) is 41.1 Å².